The van der Waals surface area contributed by atoms with Crippen LogP contribution in [0.4, 0.5) is 17.3 Å². The van der Waals surface area contributed by atoms with Crippen molar-refractivity contribution in [1.82, 2.24) is 20.6 Å². The van der Waals surface area contributed by atoms with Crippen molar-refractivity contribution in [3.63, 3.8) is 0 Å². The van der Waals surface area contributed by atoms with Crippen LogP contribution in [0.15, 0.2) is 18.2 Å². The number of hydrogen-bond acceptors (Lipinski definition) is 6. The number of aryl methyl sites for hydroxylation is 1. The van der Waals surface area contributed by atoms with Gasteiger partial charge < -0.3 is 4.90 Å². The van der Waals surface area contributed by atoms with E-state index in [4.69, 9.17) is 0 Å². The van der Waals surface area contributed by atoms with Crippen LogP contribution in [0.25, 0.3) is 0 Å². The van der Waals surface area contributed by atoms with Gasteiger partial charge in [0.25, 0.3) is 5.69 Å². The van der Waals surface area contributed by atoms with Gasteiger partial charge in [0.05, 0.1) is 10.6 Å². The van der Waals surface area contributed by atoms with Crippen molar-refractivity contribution in [2.75, 3.05) is 11.9 Å². The lowest BCUT2D eigenvalue weighted by molar-refractivity contribution is -0.384. The molecule has 0 amide bonds. The predicted molar refractivity (Wildman–Crippen MR) is 60.1 cm³/mol. The summed E-state index contributed by atoms with van der Waals surface area (Å²) in [6.07, 6.45) is 0. The Morgan fingerprint density at radius 2 is 2.24 bits per heavy atom. The Bertz CT molecular complexity index is 538. The van der Waals surface area contributed by atoms with Gasteiger partial charge in [0.15, 0.2) is 0 Å². The van der Waals surface area contributed by atoms with Crippen LogP contribution in [0.3, 0.4) is 0 Å². The number of non-ortho nitro benzene ring substituents is 1. The van der Waals surface area contributed by atoms with Crippen molar-refractivity contribution < 1.29 is 4.92 Å². The first kappa shape index (κ1) is 11.0. The average Bonchev–Trinajstić information content (AvgIpc) is 2.81. The molecule has 17 heavy (non-hydrogen) atoms. The van der Waals surface area contributed by atoms with Crippen molar-refractivity contribution in [2.24, 2.45) is 0 Å². The Morgan fingerprint density at radius 1 is 1.47 bits per heavy atom. The highest BCUT2D eigenvalue weighted by atomic mass is 16.6. The van der Waals surface area contributed by atoms with Crippen molar-refractivity contribution in [2.45, 2.75) is 6.92 Å². The molecule has 1 aromatic heterocycles. The van der Waals surface area contributed by atoms with Gasteiger partial charge in [-0.1, -0.05) is 11.2 Å². The fourth-order valence-electron chi connectivity index (χ4n) is 1.48. The number of H-pyrrole nitrogens is 1. The number of rotatable bonds is 3. The number of nitro benzene ring substituents is 1. The number of tetrazole rings is 1. The number of benzene rings is 1. The van der Waals surface area contributed by atoms with Crippen molar-refractivity contribution in [3.05, 3.63) is 33.9 Å². The normalized spacial score (nSPS) is 10.2. The number of anilines is 2. The van der Waals surface area contributed by atoms with Crippen LogP contribution in [0.5, 0.6) is 0 Å². The maximum absolute atomic E-state index is 10.7. The Kier molecular flexibility index (Phi) is 2.69. The second-order valence-electron chi connectivity index (χ2n) is 3.51. The van der Waals surface area contributed by atoms with Crippen LogP contribution >= 0.6 is 0 Å². The SMILES string of the molecule is Cc1ccc([N+](=O)[O-])cc1N(C)c1nnn[nH]1. The molecule has 8 heteroatoms. The van der Waals surface area contributed by atoms with Crippen LogP contribution in [0.2, 0.25) is 0 Å². The van der Waals surface area contributed by atoms with Gasteiger partial charge in [-0.2, -0.15) is 0 Å². The maximum atomic E-state index is 10.7. The third kappa shape index (κ3) is 2.05. The standard InChI is InChI=1S/C9H10N6O2/c1-6-3-4-7(15(16)17)5-8(6)14(2)9-10-12-13-11-9/h3-5H,1-2H3,(H,10,11,12,13). The van der Waals surface area contributed by atoms with Crippen LogP contribution < -0.4 is 4.90 Å². The molecule has 2 aromatic rings. The molecule has 0 bridgehead atoms. The third-order valence-electron chi connectivity index (χ3n) is 2.42. The molecule has 0 saturated carbocycles. The number of hydrogen-bond donors (Lipinski definition) is 1. The minimum absolute atomic E-state index is 0.0323. The summed E-state index contributed by atoms with van der Waals surface area (Å²) in [6.45, 7) is 1.86. The van der Waals surface area contributed by atoms with Gasteiger partial charge in [-0.05, 0) is 22.9 Å². The smallest absolute Gasteiger partial charge is 0.271 e. The molecule has 0 unspecified atom stereocenters. The van der Waals surface area contributed by atoms with E-state index in [9.17, 15) is 10.1 Å². The van der Waals surface area contributed by atoms with Gasteiger partial charge in [0.2, 0.25) is 5.95 Å². The molecule has 0 radical (unpaired) electrons. The zero-order chi connectivity index (χ0) is 12.4. The van der Waals surface area contributed by atoms with E-state index in [0.29, 0.717) is 11.6 Å². The van der Waals surface area contributed by atoms with E-state index >= 15 is 0 Å². The highest BCUT2D eigenvalue weighted by Gasteiger charge is 2.14. The molecule has 0 aliphatic rings. The predicted octanol–water partition coefficient (Wildman–Crippen LogP) is 1.18. The maximum Gasteiger partial charge on any atom is 0.271 e. The van der Waals surface area contributed by atoms with Crippen LogP contribution in [0, 0.1) is 17.0 Å². The van der Waals surface area contributed by atoms with E-state index < -0.39 is 4.92 Å². The summed E-state index contributed by atoms with van der Waals surface area (Å²) in [5.74, 6) is 0.425. The number of nitrogens with one attached hydrogen (secondary N) is 1. The van der Waals surface area contributed by atoms with E-state index in [1.165, 1.54) is 12.1 Å². The quantitative estimate of drug-likeness (QED) is 0.632. The fraction of sp³-hybridized carbons (Fsp3) is 0.222. The topological polar surface area (TPSA) is 101 Å². The molecule has 1 heterocycles. The van der Waals surface area contributed by atoms with Crippen LogP contribution in [-0.2, 0) is 0 Å². The molecular formula is C9H10N6O2. The third-order valence-corrected chi connectivity index (χ3v) is 2.42. The molecule has 1 N–H and O–H groups in total. The molecule has 0 fully saturated rings. The van der Waals surface area contributed by atoms with E-state index in [-0.39, 0.29) is 5.69 Å². The molecule has 88 valence electrons. The summed E-state index contributed by atoms with van der Waals surface area (Å²) in [6, 6.07) is 4.64. The van der Waals surface area contributed by atoms with E-state index in [2.05, 4.69) is 20.6 Å². The molecule has 8 nitrogen and oxygen atoms in total. The number of nitro groups is 1. The highest BCUT2D eigenvalue weighted by Crippen LogP contribution is 2.27. The van der Waals surface area contributed by atoms with Gasteiger partial charge >= 0.3 is 0 Å². The summed E-state index contributed by atoms with van der Waals surface area (Å²) in [7, 11) is 1.73. The minimum atomic E-state index is -0.435. The summed E-state index contributed by atoms with van der Waals surface area (Å²) in [4.78, 5) is 11.9. The molecule has 0 saturated heterocycles. The van der Waals surface area contributed by atoms with Crippen LogP contribution in [0.1, 0.15) is 5.56 Å². The van der Waals surface area contributed by atoms with Crippen LogP contribution in [-0.4, -0.2) is 32.6 Å². The summed E-state index contributed by atoms with van der Waals surface area (Å²) in [5, 5.41) is 24.0. The summed E-state index contributed by atoms with van der Waals surface area (Å²) in [5.41, 5.74) is 1.61. The second kappa shape index (κ2) is 4.16. The molecular weight excluding hydrogens is 224 g/mol. The summed E-state index contributed by atoms with van der Waals surface area (Å²) >= 11 is 0. The lowest BCUT2D eigenvalue weighted by atomic mass is 10.1. The lowest BCUT2D eigenvalue weighted by Crippen LogP contribution is -2.13. The Hall–Kier alpha value is -2.51. The molecule has 0 aliphatic heterocycles. The van der Waals surface area contributed by atoms with Gasteiger partial charge in [-0.25, -0.2) is 5.10 Å². The molecule has 1 aromatic carbocycles. The minimum Gasteiger partial charge on any atom is -0.312 e. The van der Waals surface area contributed by atoms with Gasteiger partial charge in [0.1, 0.15) is 0 Å². The monoisotopic (exact) mass is 234 g/mol. The zero-order valence-electron chi connectivity index (χ0n) is 9.28. The molecule has 0 aliphatic carbocycles. The molecule has 0 spiro atoms. The fourth-order valence-corrected chi connectivity index (χ4v) is 1.48. The Balaban J connectivity index is 2.44. The number of nitrogens with zero attached hydrogens (tertiary/aromatic N) is 5. The van der Waals surface area contributed by atoms with E-state index in [0.717, 1.165) is 5.56 Å². The van der Waals surface area contributed by atoms with Gasteiger partial charge in [0, 0.05) is 19.2 Å². The van der Waals surface area contributed by atoms with Crippen molar-refractivity contribution in [3.8, 4) is 0 Å². The number of aromatic nitrogens is 4. The first-order valence-electron chi connectivity index (χ1n) is 4.82. The largest absolute Gasteiger partial charge is 0.312 e. The highest BCUT2D eigenvalue weighted by molar-refractivity contribution is 5.63. The Morgan fingerprint density at radius 3 is 2.82 bits per heavy atom. The average molecular weight is 234 g/mol. The van der Waals surface area contributed by atoms with E-state index in [1.54, 1.807) is 18.0 Å². The Labute approximate surface area is 96.4 Å². The number of aromatic amines is 1. The molecule has 2 rings (SSSR count). The zero-order valence-corrected chi connectivity index (χ0v) is 9.28. The van der Waals surface area contributed by atoms with Crippen molar-refractivity contribution in [1.29, 1.82) is 0 Å². The second-order valence-corrected chi connectivity index (χ2v) is 3.51. The van der Waals surface area contributed by atoms with Gasteiger partial charge in [-0.3, -0.25) is 10.1 Å². The first-order valence-corrected chi connectivity index (χ1v) is 4.82. The van der Waals surface area contributed by atoms with Gasteiger partial charge in [-0.15, -0.1) is 0 Å². The lowest BCUT2D eigenvalue weighted by Gasteiger charge is -2.16. The first-order chi connectivity index (χ1) is 8.09. The molecule has 0 atom stereocenters. The summed E-state index contributed by atoms with van der Waals surface area (Å²) < 4.78 is 0. The van der Waals surface area contributed by atoms with Crippen molar-refractivity contribution >= 4 is 17.3 Å². The van der Waals surface area contributed by atoms with E-state index in [1.807, 2.05) is 6.92 Å².